The molecule has 1 fully saturated rings. The predicted molar refractivity (Wildman–Crippen MR) is 121 cm³/mol. The van der Waals surface area contributed by atoms with Gasteiger partial charge < -0.3 is 9.80 Å². The Morgan fingerprint density at radius 2 is 2.11 bits per heavy atom. The number of carbonyl (C=O) groups is 1. The molecule has 1 atom stereocenters. The van der Waals surface area contributed by atoms with Crippen LogP contribution in [-0.2, 0) is 0 Å². The number of pyridine rings is 1. The van der Waals surface area contributed by atoms with E-state index in [0.29, 0.717) is 11.9 Å². The summed E-state index contributed by atoms with van der Waals surface area (Å²) in [7, 11) is 2.09. The number of rotatable bonds is 4. The second kappa shape index (κ2) is 7.26. The average molecular weight is 397 g/mol. The molecule has 0 unspecified atom stereocenters. The Balaban J connectivity index is 0.00000240. The van der Waals surface area contributed by atoms with Crippen molar-refractivity contribution in [3.05, 3.63) is 54.8 Å². The lowest BCUT2D eigenvalue weighted by Gasteiger charge is -2.37. The van der Waals surface area contributed by atoms with Crippen LogP contribution in [0.1, 0.15) is 20.8 Å². The molecule has 1 saturated heterocycles. The number of hydrogen-bond donors (Lipinski definition) is 1. The third-order valence-corrected chi connectivity index (χ3v) is 6.70. The van der Waals surface area contributed by atoms with Gasteiger partial charge in [-0.15, -0.1) is 11.8 Å². The monoisotopic (exact) mass is 396 g/mol. The molecule has 5 nitrogen and oxygen atoms in total. The molecule has 0 saturated carbocycles. The highest BCUT2D eigenvalue weighted by Gasteiger charge is 2.29. The summed E-state index contributed by atoms with van der Waals surface area (Å²) in [6, 6.07) is 8.46. The zero-order valence-corrected chi connectivity index (χ0v) is 17.4. The van der Waals surface area contributed by atoms with Crippen molar-refractivity contribution in [1.29, 1.82) is 0 Å². The van der Waals surface area contributed by atoms with E-state index in [1.54, 1.807) is 18.0 Å². The topological polar surface area (TPSA) is 48.5 Å². The van der Waals surface area contributed by atoms with E-state index >= 15 is 0 Å². The summed E-state index contributed by atoms with van der Waals surface area (Å²) in [6.07, 6.45) is 6.17. The molecular weight excluding hydrogens is 368 g/mol. The number of benzene rings is 1. The number of nitrogens with zero attached hydrogens (tertiary/aromatic N) is 3. The van der Waals surface area contributed by atoms with E-state index in [1.165, 1.54) is 0 Å². The number of fused-ring (bicyclic) bond motifs is 1. The van der Waals surface area contributed by atoms with Crippen LogP contribution in [0.15, 0.2) is 49.2 Å². The highest BCUT2D eigenvalue weighted by molar-refractivity contribution is 8.10. The van der Waals surface area contributed by atoms with Gasteiger partial charge in [0.15, 0.2) is 0 Å². The molecule has 148 valence electrons. The molecule has 0 bridgehead atoms. The van der Waals surface area contributed by atoms with Crippen LogP contribution in [0, 0.1) is 0 Å². The molecule has 0 spiro atoms. The number of nitrogens with one attached hydrogen (secondary N) is 1. The van der Waals surface area contributed by atoms with Crippen molar-refractivity contribution in [2.45, 2.75) is 24.6 Å². The molecule has 4 rings (SSSR count). The van der Waals surface area contributed by atoms with Gasteiger partial charge in [-0.3, -0.25) is 5.32 Å². The number of piperazine rings is 1. The Kier molecular flexibility index (Phi) is 4.93. The number of likely N-dealkylation sites (N-methyl/N-ethyl adjacent to an activating group) is 1. The maximum Gasteiger partial charge on any atom is 0.323 e. The average Bonchev–Trinajstić information content (AvgIpc) is 3.39. The molecule has 2 aliphatic rings. The molecule has 1 aromatic carbocycles. The molecule has 28 heavy (non-hydrogen) atoms. The normalized spacial score (nSPS) is 21.0. The van der Waals surface area contributed by atoms with E-state index in [9.17, 15) is 4.79 Å². The maximum absolute atomic E-state index is 12.6. The van der Waals surface area contributed by atoms with Crippen LogP contribution in [0.5, 0.6) is 0 Å². The fourth-order valence-electron chi connectivity index (χ4n) is 3.31. The minimum absolute atomic E-state index is 0. The van der Waals surface area contributed by atoms with E-state index in [1.807, 2.05) is 11.0 Å². The molecule has 1 aliphatic heterocycles. The van der Waals surface area contributed by atoms with Crippen molar-refractivity contribution < 1.29 is 6.22 Å². The van der Waals surface area contributed by atoms with E-state index in [4.69, 9.17) is 0 Å². The van der Waals surface area contributed by atoms with Crippen molar-refractivity contribution in [3.8, 4) is 0 Å². The fraction of sp³-hybridized carbons (Fsp3) is 0.364. The zero-order chi connectivity index (χ0) is 19.9. The molecule has 2 heterocycles. The summed E-state index contributed by atoms with van der Waals surface area (Å²) in [5.41, 5.74) is 1.10. The van der Waals surface area contributed by atoms with Crippen LogP contribution in [-0.4, -0.2) is 58.3 Å². The first-order valence-corrected chi connectivity index (χ1v) is 10.4. The number of anilines is 1. The molecular formula is C22H28N4OS. The molecule has 6 heteroatoms. The van der Waals surface area contributed by atoms with Gasteiger partial charge in [0.2, 0.25) is 0 Å². The Labute approximate surface area is 172 Å². The minimum atomic E-state index is -0.0874. The van der Waals surface area contributed by atoms with Crippen LogP contribution < -0.4 is 5.32 Å². The van der Waals surface area contributed by atoms with Gasteiger partial charge in [0, 0.05) is 43.6 Å². The molecule has 1 aromatic heterocycles. The molecule has 2 amide bonds. The van der Waals surface area contributed by atoms with Crippen molar-refractivity contribution in [1.82, 2.24) is 14.8 Å². The van der Waals surface area contributed by atoms with Crippen LogP contribution in [0.2, 0.25) is 0 Å². The van der Waals surface area contributed by atoms with Crippen molar-refractivity contribution in [3.63, 3.8) is 0 Å². The van der Waals surface area contributed by atoms with Gasteiger partial charge in [-0.2, -0.15) is 0 Å². The van der Waals surface area contributed by atoms with Crippen LogP contribution in [0.4, 0.5) is 10.6 Å². The summed E-state index contributed by atoms with van der Waals surface area (Å²) < 4.78 is 0.114. The summed E-state index contributed by atoms with van der Waals surface area (Å²) in [6.45, 7) is 10.9. The van der Waals surface area contributed by atoms with Crippen LogP contribution in [0.3, 0.4) is 0 Å². The molecule has 2 aromatic rings. The van der Waals surface area contributed by atoms with Gasteiger partial charge >= 0.3 is 6.03 Å². The van der Waals surface area contributed by atoms with Gasteiger partial charge in [-0.25, -0.2) is 9.78 Å². The highest BCUT2D eigenvalue weighted by Crippen LogP contribution is 2.46. The minimum Gasteiger partial charge on any atom is -0.322 e. The summed E-state index contributed by atoms with van der Waals surface area (Å²) in [4.78, 5) is 22.2. The predicted octanol–water partition coefficient (Wildman–Crippen LogP) is 4.68. The summed E-state index contributed by atoms with van der Waals surface area (Å²) >= 11 is 1.76. The number of carbonyl (C=O) groups excluding carboxylic acids is 1. The quantitative estimate of drug-likeness (QED) is 0.762. The fourth-order valence-corrected chi connectivity index (χ4v) is 4.29. The lowest BCUT2D eigenvalue weighted by molar-refractivity contribution is 0.125. The second-order valence-corrected chi connectivity index (χ2v) is 9.46. The Bertz CT molecular complexity index is 970. The lowest BCUT2D eigenvalue weighted by atomic mass is 10.1. The van der Waals surface area contributed by atoms with Crippen molar-refractivity contribution >= 4 is 39.3 Å². The van der Waals surface area contributed by atoms with Gasteiger partial charge in [-0.05, 0) is 44.0 Å². The van der Waals surface area contributed by atoms with Crippen molar-refractivity contribution in [2.75, 3.05) is 32.0 Å². The smallest absolute Gasteiger partial charge is 0.322 e. The standard InChI is InChI=1S/C22H26N4OS.H2/c1-15-14-26(10-9-25(15)4)21(27)24-20-12-19-11-17(5-6-18(19)13-23-20)16(2)28-22(3)7-8-22;/h5-8,11-13,15H,2,9-10,14H2,1,3-4H3,(H,23,24,27);1H/t15-;/m1./s1. The van der Waals surface area contributed by atoms with Gasteiger partial charge in [0.1, 0.15) is 5.82 Å². The van der Waals surface area contributed by atoms with E-state index in [-0.39, 0.29) is 12.2 Å². The largest absolute Gasteiger partial charge is 0.323 e. The van der Waals surface area contributed by atoms with E-state index in [0.717, 1.165) is 40.9 Å². The molecule has 1 N–H and O–H groups in total. The first-order valence-electron chi connectivity index (χ1n) is 9.58. The first kappa shape index (κ1) is 19.0. The third-order valence-electron chi connectivity index (χ3n) is 5.50. The third kappa shape index (κ3) is 4.08. The number of thioether (sulfide) groups is 1. The van der Waals surface area contributed by atoms with E-state index in [2.05, 4.69) is 73.0 Å². The number of urea groups is 1. The van der Waals surface area contributed by atoms with Gasteiger partial charge in [0.25, 0.3) is 0 Å². The Morgan fingerprint density at radius 1 is 1.32 bits per heavy atom. The van der Waals surface area contributed by atoms with Crippen LogP contribution in [0.25, 0.3) is 15.7 Å². The number of aromatic nitrogens is 1. The lowest BCUT2D eigenvalue weighted by Crippen LogP contribution is -2.53. The van der Waals surface area contributed by atoms with Crippen LogP contribution >= 0.6 is 11.8 Å². The van der Waals surface area contributed by atoms with Gasteiger partial charge in [0.05, 0.1) is 4.75 Å². The Morgan fingerprint density at radius 3 is 2.82 bits per heavy atom. The zero-order valence-electron chi connectivity index (χ0n) is 16.6. The highest BCUT2D eigenvalue weighted by atomic mass is 32.2. The molecule has 1 aliphatic carbocycles. The first-order chi connectivity index (χ1) is 13.3. The number of amides is 2. The van der Waals surface area contributed by atoms with E-state index < -0.39 is 0 Å². The summed E-state index contributed by atoms with van der Waals surface area (Å²) in [5.74, 6) is 0.579. The maximum atomic E-state index is 12.6. The van der Waals surface area contributed by atoms with Gasteiger partial charge in [-0.1, -0.05) is 30.9 Å². The molecule has 0 radical (unpaired) electrons. The second-order valence-electron chi connectivity index (χ2n) is 7.88. The SMILES string of the molecule is C=C(SC1(C)C=C1)c1ccc2cnc(NC(=O)N3CCN(C)[C@H](C)C3)cc2c1.[HH]. The Hall–Kier alpha value is -2.31. The number of hydrogen-bond acceptors (Lipinski definition) is 4. The summed E-state index contributed by atoms with van der Waals surface area (Å²) in [5, 5.41) is 5.05. The van der Waals surface area contributed by atoms with Crippen molar-refractivity contribution in [2.24, 2.45) is 0 Å².